The summed E-state index contributed by atoms with van der Waals surface area (Å²) in [6, 6.07) is 10.6. The van der Waals surface area contributed by atoms with Crippen LogP contribution in [0.4, 0.5) is 0 Å². The molecule has 0 unspecified atom stereocenters. The number of fused-ring (bicyclic) bond motifs is 1. The van der Waals surface area contributed by atoms with Crippen LogP contribution < -0.4 is 0 Å². The summed E-state index contributed by atoms with van der Waals surface area (Å²) in [4.78, 5) is 4.50. The van der Waals surface area contributed by atoms with Crippen LogP contribution in [-0.4, -0.2) is 15.2 Å². The molecule has 3 nitrogen and oxygen atoms in total. The number of nitrogens with zero attached hydrogens (tertiary/aromatic N) is 1. The van der Waals surface area contributed by atoms with Crippen molar-refractivity contribution in [2.45, 2.75) is 6.92 Å². The van der Waals surface area contributed by atoms with Gasteiger partial charge in [0.25, 0.3) is 0 Å². The van der Waals surface area contributed by atoms with Crippen LogP contribution in [0, 0.1) is 6.92 Å². The van der Waals surface area contributed by atoms with E-state index in [1.54, 1.807) is 23.5 Å². The second kappa shape index (κ2) is 3.99. The molecule has 3 rings (SSSR count). The third-order valence-electron chi connectivity index (χ3n) is 2.69. The number of benzene rings is 2. The topological polar surface area (TPSA) is 53.4 Å². The lowest BCUT2D eigenvalue weighted by molar-refractivity contribution is 0.451. The molecule has 0 bridgehead atoms. The van der Waals surface area contributed by atoms with Crippen LogP contribution in [0.15, 0.2) is 36.4 Å². The molecule has 0 atom stereocenters. The number of phenols is 2. The molecule has 3 aromatic rings. The molecule has 1 aromatic heterocycles. The van der Waals surface area contributed by atoms with E-state index in [9.17, 15) is 10.2 Å². The lowest BCUT2D eigenvalue weighted by Crippen LogP contribution is -1.76. The Bertz CT molecular complexity index is 713. The summed E-state index contributed by atoms with van der Waals surface area (Å²) in [7, 11) is 0. The zero-order valence-electron chi connectivity index (χ0n) is 9.71. The van der Waals surface area contributed by atoms with Crippen LogP contribution in [0.5, 0.6) is 11.5 Å². The van der Waals surface area contributed by atoms with Crippen LogP contribution in [-0.2, 0) is 0 Å². The highest BCUT2D eigenvalue weighted by atomic mass is 32.1. The molecule has 0 saturated heterocycles. The average molecular weight is 257 g/mol. The fraction of sp³-hybridized carbons (Fsp3) is 0.0714. The van der Waals surface area contributed by atoms with Crippen LogP contribution in [0.25, 0.3) is 20.8 Å². The lowest BCUT2D eigenvalue weighted by Gasteiger charge is -1.99. The Kier molecular flexibility index (Phi) is 2.45. The standard InChI is InChI=1S/C14H11NO2S/c1-8-2-3-12-13(4-8)18-14(15-12)9-5-10(16)7-11(17)6-9/h2-7,16-17H,1H3. The molecule has 0 amide bonds. The largest absolute Gasteiger partial charge is 0.508 e. The van der Waals surface area contributed by atoms with Gasteiger partial charge in [-0.1, -0.05) is 6.07 Å². The predicted molar refractivity (Wildman–Crippen MR) is 73.1 cm³/mol. The normalized spacial score (nSPS) is 10.9. The smallest absolute Gasteiger partial charge is 0.124 e. The quantitative estimate of drug-likeness (QED) is 0.699. The molecule has 0 fully saturated rings. The molecular formula is C14H11NO2S. The number of hydrogen-bond donors (Lipinski definition) is 2. The SMILES string of the molecule is Cc1ccc2nc(-c3cc(O)cc(O)c3)sc2c1. The molecule has 0 spiro atoms. The van der Waals surface area contributed by atoms with Crippen LogP contribution in [0.2, 0.25) is 0 Å². The minimum atomic E-state index is 0.0421. The van der Waals surface area contributed by atoms with Gasteiger partial charge in [-0.3, -0.25) is 0 Å². The second-order valence-corrected chi connectivity index (χ2v) is 5.26. The summed E-state index contributed by atoms with van der Waals surface area (Å²) in [6.45, 7) is 2.04. The van der Waals surface area contributed by atoms with Crippen molar-refractivity contribution in [2.24, 2.45) is 0 Å². The Hall–Kier alpha value is -2.07. The van der Waals surface area contributed by atoms with Crippen molar-refractivity contribution in [1.82, 2.24) is 4.98 Å². The number of thiazole rings is 1. The summed E-state index contributed by atoms with van der Waals surface area (Å²) in [5.41, 5.74) is 2.85. The van der Waals surface area contributed by atoms with Gasteiger partial charge in [-0.05, 0) is 36.8 Å². The highest BCUT2D eigenvalue weighted by Gasteiger charge is 2.08. The van der Waals surface area contributed by atoms with Crippen molar-refractivity contribution in [3.63, 3.8) is 0 Å². The number of phenolic OH excluding ortho intramolecular Hbond substituents is 2. The van der Waals surface area contributed by atoms with E-state index in [2.05, 4.69) is 11.1 Å². The van der Waals surface area contributed by atoms with Crippen molar-refractivity contribution in [3.8, 4) is 22.1 Å². The maximum Gasteiger partial charge on any atom is 0.124 e. The molecule has 1 heterocycles. The number of rotatable bonds is 1. The van der Waals surface area contributed by atoms with Crippen LogP contribution >= 0.6 is 11.3 Å². The Morgan fingerprint density at radius 3 is 2.44 bits per heavy atom. The number of aromatic hydroxyl groups is 2. The van der Waals surface area contributed by atoms with Gasteiger partial charge in [-0.25, -0.2) is 4.98 Å². The molecule has 2 N–H and O–H groups in total. The molecule has 4 heteroatoms. The van der Waals surface area contributed by atoms with Crippen molar-refractivity contribution >= 4 is 21.6 Å². The highest BCUT2D eigenvalue weighted by Crippen LogP contribution is 2.34. The number of hydrogen-bond acceptors (Lipinski definition) is 4. The van der Waals surface area contributed by atoms with E-state index in [0.717, 1.165) is 20.8 Å². The zero-order chi connectivity index (χ0) is 12.7. The van der Waals surface area contributed by atoms with Gasteiger partial charge in [0.2, 0.25) is 0 Å². The molecule has 0 radical (unpaired) electrons. The van der Waals surface area contributed by atoms with Gasteiger partial charge in [0.1, 0.15) is 16.5 Å². The van der Waals surface area contributed by atoms with Crippen molar-refractivity contribution < 1.29 is 10.2 Å². The summed E-state index contributed by atoms with van der Waals surface area (Å²) in [5.74, 6) is 0.0841. The first-order valence-corrected chi connectivity index (χ1v) is 6.34. The zero-order valence-corrected chi connectivity index (χ0v) is 10.5. The van der Waals surface area contributed by atoms with Crippen molar-refractivity contribution in [1.29, 1.82) is 0 Å². The van der Waals surface area contributed by atoms with Gasteiger partial charge in [0, 0.05) is 11.6 Å². The Morgan fingerprint density at radius 2 is 1.72 bits per heavy atom. The molecule has 18 heavy (non-hydrogen) atoms. The van der Waals surface area contributed by atoms with E-state index in [4.69, 9.17) is 0 Å². The summed E-state index contributed by atoms with van der Waals surface area (Å²) in [5, 5.41) is 19.8. The molecule has 2 aromatic carbocycles. The number of aromatic nitrogens is 1. The fourth-order valence-corrected chi connectivity index (χ4v) is 2.93. The first-order chi connectivity index (χ1) is 8.61. The van der Waals surface area contributed by atoms with Crippen molar-refractivity contribution in [3.05, 3.63) is 42.0 Å². The average Bonchev–Trinajstić information content (AvgIpc) is 2.70. The molecule has 0 saturated carbocycles. The van der Waals surface area contributed by atoms with Gasteiger partial charge in [0.05, 0.1) is 10.2 Å². The van der Waals surface area contributed by atoms with E-state index in [1.165, 1.54) is 11.6 Å². The maximum atomic E-state index is 9.49. The molecule has 90 valence electrons. The van der Waals surface area contributed by atoms with Gasteiger partial charge < -0.3 is 10.2 Å². The van der Waals surface area contributed by atoms with Crippen LogP contribution in [0.1, 0.15) is 5.56 Å². The van der Waals surface area contributed by atoms with E-state index in [-0.39, 0.29) is 11.5 Å². The van der Waals surface area contributed by atoms with Crippen molar-refractivity contribution in [2.75, 3.05) is 0 Å². The molecular weight excluding hydrogens is 246 g/mol. The first-order valence-electron chi connectivity index (χ1n) is 5.52. The number of aryl methyl sites for hydroxylation is 1. The molecule has 0 aliphatic heterocycles. The van der Waals surface area contributed by atoms with E-state index >= 15 is 0 Å². The molecule has 0 aliphatic rings. The minimum Gasteiger partial charge on any atom is -0.508 e. The first kappa shape index (κ1) is 11.0. The van der Waals surface area contributed by atoms with E-state index in [0.29, 0.717) is 0 Å². The Labute approximate surface area is 108 Å². The lowest BCUT2D eigenvalue weighted by atomic mass is 10.2. The maximum absolute atomic E-state index is 9.49. The summed E-state index contributed by atoms with van der Waals surface area (Å²) >= 11 is 1.55. The Balaban J connectivity index is 2.19. The minimum absolute atomic E-state index is 0.0421. The van der Waals surface area contributed by atoms with Gasteiger partial charge >= 0.3 is 0 Å². The summed E-state index contributed by atoms with van der Waals surface area (Å²) in [6.07, 6.45) is 0. The van der Waals surface area contributed by atoms with E-state index < -0.39 is 0 Å². The Morgan fingerprint density at radius 1 is 1.00 bits per heavy atom. The molecule has 0 aliphatic carbocycles. The highest BCUT2D eigenvalue weighted by molar-refractivity contribution is 7.21. The third-order valence-corrected chi connectivity index (χ3v) is 3.76. The predicted octanol–water partition coefficient (Wildman–Crippen LogP) is 3.68. The third kappa shape index (κ3) is 1.91. The van der Waals surface area contributed by atoms with Gasteiger partial charge in [0.15, 0.2) is 0 Å². The van der Waals surface area contributed by atoms with Gasteiger partial charge in [-0.2, -0.15) is 0 Å². The van der Waals surface area contributed by atoms with Crippen LogP contribution in [0.3, 0.4) is 0 Å². The summed E-state index contributed by atoms with van der Waals surface area (Å²) < 4.78 is 1.10. The monoisotopic (exact) mass is 257 g/mol. The van der Waals surface area contributed by atoms with E-state index in [1.807, 2.05) is 19.1 Å². The second-order valence-electron chi connectivity index (χ2n) is 4.23. The van der Waals surface area contributed by atoms with Gasteiger partial charge in [-0.15, -0.1) is 11.3 Å². The fourth-order valence-electron chi connectivity index (χ4n) is 1.87.